The van der Waals surface area contributed by atoms with E-state index in [9.17, 15) is 13.2 Å². The van der Waals surface area contributed by atoms with Crippen LogP contribution in [0.1, 0.15) is 32.1 Å². The Kier molecular flexibility index (Phi) is 4.70. The van der Waals surface area contributed by atoms with Gasteiger partial charge in [-0.1, -0.05) is 0 Å². The molecule has 1 heterocycles. The summed E-state index contributed by atoms with van der Waals surface area (Å²) in [5, 5.41) is 2.78. The fourth-order valence-electron chi connectivity index (χ4n) is 2.74. The number of rotatable bonds is 6. The Hall–Kier alpha value is -1.44. The van der Waals surface area contributed by atoms with E-state index in [0.717, 1.165) is 32.3 Å². The lowest BCUT2D eigenvalue weighted by molar-refractivity contribution is -0.118. The predicted molar refractivity (Wildman–Crippen MR) is 86.6 cm³/mol. The Morgan fingerprint density at radius 1 is 1.26 bits per heavy atom. The highest BCUT2D eigenvalue weighted by molar-refractivity contribution is 7.89. The summed E-state index contributed by atoms with van der Waals surface area (Å²) in [6, 6.07) is 6.46. The van der Waals surface area contributed by atoms with Gasteiger partial charge in [0.25, 0.3) is 0 Å². The van der Waals surface area contributed by atoms with Crippen LogP contribution in [0.15, 0.2) is 29.2 Å². The van der Waals surface area contributed by atoms with Gasteiger partial charge in [-0.3, -0.25) is 4.79 Å². The maximum absolute atomic E-state index is 12.4. The van der Waals surface area contributed by atoms with Crippen molar-refractivity contribution < 1.29 is 17.9 Å². The molecule has 1 aromatic carbocycles. The summed E-state index contributed by atoms with van der Waals surface area (Å²) >= 11 is 0. The van der Waals surface area contributed by atoms with E-state index in [-0.39, 0.29) is 22.9 Å². The molecule has 0 bridgehead atoms. The highest BCUT2D eigenvalue weighted by Crippen LogP contribution is 2.30. The molecule has 0 spiro atoms. The summed E-state index contributed by atoms with van der Waals surface area (Å²) in [6.45, 7) is 0.721. The first-order chi connectivity index (χ1) is 11.0. The van der Waals surface area contributed by atoms with Gasteiger partial charge in [-0.15, -0.1) is 0 Å². The van der Waals surface area contributed by atoms with Crippen molar-refractivity contribution in [2.45, 2.75) is 49.1 Å². The summed E-state index contributed by atoms with van der Waals surface area (Å²) in [5.41, 5.74) is 0.598. The molecule has 6 nitrogen and oxygen atoms in total. The number of nitrogens with one attached hydrogen (secondary N) is 1. The van der Waals surface area contributed by atoms with Crippen molar-refractivity contribution in [3.63, 3.8) is 0 Å². The standard InChI is InChI=1S/C16H22N2O4S/c1-18(13-6-7-13)23(20,21)15-8-4-12(5-9-15)17-16(19)11-14-3-2-10-22-14/h4-5,8-9,13-14H,2-3,6-7,10-11H2,1H3,(H,17,19)/t14-/m1/s1. The Labute approximate surface area is 136 Å². The molecule has 0 aromatic heterocycles. The average Bonchev–Trinajstić information content (AvgIpc) is 3.25. The topological polar surface area (TPSA) is 75.7 Å². The van der Waals surface area contributed by atoms with Crippen LogP contribution in [0.25, 0.3) is 0 Å². The van der Waals surface area contributed by atoms with Crippen LogP contribution in [0.2, 0.25) is 0 Å². The number of hydrogen-bond donors (Lipinski definition) is 1. The number of sulfonamides is 1. The molecule has 7 heteroatoms. The lowest BCUT2D eigenvalue weighted by atomic mass is 10.2. The smallest absolute Gasteiger partial charge is 0.243 e. The van der Waals surface area contributed by atoms with Crippen LogP contribution in [0.4, 0.5) is 5.69 Å². The molecule has 1 aromatic rings. The molecule has 1 aliphatic heterocycles. The van der Waals surface area contributed by atoms with Gasteiger partial charge in [0.1, 0.15) is 0 Å². The van der Waals surface area contributed by atoms with Crippen LogP contribution in [-0.2, 0) is 19.6 Å². The SMILES string of the molecule is CN(C1CC1)S(=O)(=O)c1ccc(NC(=O)C[C@H]2CCCO2)cc1. The highest BCUT2D eigenvalue weighted by atomic mass is 32.2. The summed E-state index contributed by atoms with van der Waals surface area (Å²) in [5.74, 6) is -0.109. The molecule has 1 saturated carbocycles. The van der Waals surface area contributed by atoms with E-state index in [1.807, 2.05) is 0 Å². The highest BCUT2D eigenvalue weighted by Gasteiger charge is 2.34. The predicted octanol–water partition coefficient (Wildman–Crippen LogP) is 1.98. The largest absolute Gasteiger partial charge is 0.378 e. The molecule has 2 fully saturated rings. The van der Waals surface area contributed by atoms with Crippen LogP contribution in [0, 0.1) is 0 Å². The number of ether oxygens (including phenoxy) is 1. The lowest BCUT2D eigenvalue weighted by Crippen LogP contribution is -2.28. The van der Waals surface area contributed by atoms with Gasteiger partial charge >= 0.3 is 0 Å². The molecular formula is C16H22N2O4S. The molecule has 3 rings (SSSR count). The molecule has 0 radical (unpaired) electrons. The Morgan fingerprint density at radius 2 is 1.96 bits per heavy atom. The lowest BCUT2D eigenvalue weighted by Gasteiger charge is -2.16. The molecule has 126 valence electrons. The zero-order chi connectivity index (χ0) is 16.4. The van der Waals surface area contributed by atoms with Crippen LogP contribution in [0.3, 0.4) is 0 Å². The first-order valence-corrected chi connectivity index (χ1v) is 9.40. The first-order valence-electron chi connectivity index (χ1n) is 7.96. The molecule has 23 heavy (non-hydrogen) atoms. The average molecular weight is 338 g/mol. The van der Waals surface area contributed by atoms with E-state index in [1.54, 1.807) is 19.2 Å². The van der Waals surface area contributed by atoms with Crippen molar-refractivity contribution in [1.29, 1.82) is 0 Å². The van der Waals surface area contributed by atoms with Crippen molar-refractivity contribution in [3.05, 3.63) is 24.3 Å². The Balaban J connectivity index is 1.61. The molecular weight excluding hydrogens is 316 g/mol. The van der Waals surface area contributed by atoms with E-state index in [4.69, 9.17) is 4.74 Å². The third-order valence-corrected chi connectivity index (χ3v) is 6.24. The van der Waals surface area contributed by atoms with Gasteiger partial charge in [0.15, 0.2) is 0 Å². The number of hydrogen-bond acceptors (Lipinski definition) is 4. The van der Waals surface area contributed by atoms with Crippen molar-refractivity contribution in [2.24, 2.45) is 0 Å². The van der Waals surface area contributed by atoms with Gasteiger partial charge in [0.05, 0.1) is 17.4 Å². The van der Waals surface area contributed by atoms with Gasteiger partial charge < -0.3 is 10.1 Å². The first kappa shape index (κ1) is 16.4. The molecule has 1 atom stereocenters. The fraction of sp³-hybridized carbons (Fsp3) is 0.562. The van der Waals surface area contributed by atoms with Crippen molar-refractivity contribution >= 4 is 21.6 Å². The quantitative estimate of drug-likeness (QED) is 0.860. The second-order valence-electron chi connectivity index (χ2n) is 6.16. The van der Waals surface area contributed by atoms with E-state index in [0.29, 0.717) is 12.1 Å². The minimum Gasteiger partial charge on any atom is -0.378 e. The van der Waals surface area contributed by atoms with Crippen LogP contribution in [0.5, 0.6) is 0 Å². The Morgan fingerprint density at radius 3 is 2.52 bits per heavy atom. The number of carbonyl (C=O) groups is 1. The molecule has 1 amide bonds. The summed E-state index contributed by atoms with van der Waals surface area (Å²) in [4.78, 5) is 12.2. The second-order valence-corrected chi connectivity index (χ2v) is 8.16. The zero-order valence-corrected chi connectivity index (χ0v) is 14.0. The number of anilines is 1. The number of benzene rings is 1. The maximum atomic E-state index is 12.4. The van der Waals surface area contributed by atoms with Gasteiger partial charge in [-0.2, -0.15) is 4.31 Å². The molecule has 1 saturated heterocycles. The second kappa shape index (κ2) is 6.59. The van der Waals surface area contributed by atoms with Gasteiger partial charge in [-0.25, -0.2) is 8.42 Å². The van der Waals surface area contributed by atoms with E-state index in [1.165, 1.54) is 16.4 Å². The van der Waals surface area contributed by atoms with Gasteiger partial charge in [0, 0.05) is 25.4 Å². The van der Waals surface area contributed by atoms with E-state index >= 15 is 0 Å². The normalized spacial score (nSPS) is 21.6. The van der Waals surface area contributed by atoms with E-state index < -0.39 is 10.0 Å². The van der Waals surface area contributed by atoms with Crippen molar-refractivity contribution in [2.75, 3.05) is 19.0 Å². The number of carbonyl (C=O) groups excluding carboxylic acids is 1. The molecule has 0 unspecified atom stereocenters. The summed E-state index contributed by atoms with van der Waals surface area (Å²) in [6.07, 6.45) is 4.10. The van der Waals surface area contributed by atoms with Gasteiger partial charge in [0.2, 0.25) is 15.9 Å². The molecule has 2 aliphatic rings. The molecule has 1 aliphatic carbocycles. The third kappa shape index (κ3) is 3.91. The summed E-state index contributed by atoms with van der Waals surface area (Å²) in [7, 11) is -1.82. The van der Waals surface area contributed by atoms with Crippen LogP contribution >= 0.6 is 0 Å². The van der Waals surface area contributed by atoms with Gasteiger partial charge in [-0.05, 0) is 49.9 Å². The van der Waals surface area contributed by atoms with E-state index in [2.05, 4.69) is 5.32 Å². The minimum atomic E-state index is -3.44. The fourth-order valence-corrected chi connectivity index (χ4v) is 4.15. The minimum absolute atomic E-state index is 0.00171. The number of amides is 1. The monoisotopic (exact) mass is 338 g/mol. The number of nitrogens with zero attached hydrogens (tertiary/aromatic N) is 1. The van der Waals surface area contributed by atoms with Crippen molar-refractivity contribution in [1.82, 2.24) is 4.31 Å². The van der Waals surface area contributed by atoms with Crippen LogP contribution < -0.4 is 5.32 Å². The molecule has 1 N–H and O–H groups in total. The zero-order valence-electron chi connectivity index (χ0n) is 13.2. The summed E-state index contributed by atoms with van der Waals surface area (Å²) < 4.78 is 31.7. The maximum Gasteiger partial charge on any atom is 0.243 e. The third-order valence-electron chi connectivity index (χ3n) is 4.31. The Bertz CT molecular complexity index is 662. The van der Waals surface area contributed by atoms with Crippen molar-refractivity contribution in [3.8, 4) is 0 Å². The van der Waals surface area contributed by atoms with Crippen LogP contribution in [-0.4, -0.2) is 44.4 Å².